The zero-order valence-corrected chi connectivity index (χ0v) is 12.4. The second kappa shape index (κ2) is 5.80. The van der Waals surface area contributed by atoms with Gasteiger partial charge in [-0.05, 0) is 47.6 Å². The molecule has 0 radical (unpaired) electrons. The zero-order chi connectivity index (χ0) is 13.9. The van der Waals surface area contributed by atoms with Crippen molar-refractivity contribution in [3.05, 3.63) is 70.8 Å². The zero-order valence-electron chi connectivity index (χ0n) is 12.4. The normalized spacial score (nSPS) is 18.1. The van der Waals surface area contributed by atoms with Gasteiger partial charge >= 0.3 is 0 Å². The van der Waals surface area contributed by atoms with E-state index in [1.807, 2.05) is 0 Å². The second-order valence-electron chi connectivity index (χ2n) is 6.06. The molecule has 1 heteroatoms. The first kappa shape index (κ1) is 13.4. The SMILES string of the molecule is CC(C)c1ccc(CC2NCCc3ccccc32)cc1. The predicted octanol–water partition coefficient (Wildman–Crippen LogP) is 4.24. The van der Waals surface area contributed by atoms with Crippen LogP contribution in [0.1, 0.15) is 48.1 Å². The van der Waals surface area contributed by atoms with Gasteiger partial charge in [0.25, 0.3) is 0 Å². The summed E-state index contributed by atoms with van der Waals surface area (Å²) in [5.41, 5.74) is 5.83. The van der Waals surface area contributed by atoms with Crippen molar-refractivity contribution in [2.45, 2.75) is 38.6 Å². The molecule has 2 aromatic carbocycles. The van der Waals surface area contributed by atoms with Crippen molar-refractivity contribution in [1.29, 1.82) is 0 Å². The van der Waals surface area contributed by atoms with E-state index in [9.17, 15) is 0 Å². The van der Waals surface area contributed by atoms with Crippen LogP contribution in [0.2, 0.25) is 0 Å². The molecule has 1 atom stereocenters. The standard InChI is InChI=1S/C19H23N/c1-14(2)16-9-7-15(8-10-16)13-19-18-6-4-3-5-17(18)11-12-20-19/h3-10,14,19-20H,11-13H2,1-2H3. The van der Waals surface area contributed by atoms with Gasteiger partial charge in [0.2, 0.25) is 0 Å². The Morgan fingerprint density at radius 2 is 1.80 bits per heavy atom. The Balaban J connectivity index is 1.78. The number of benzene rings is 2. The third-order valence-corrected chi connectivity index (χ3v) is 4.30. The molecule has 0 aromatic heterocycles. The highest BCUT2D eigenvalue weighted by molar-refractivity contribution is 5.34. The lowest BCUT2D eigenvalue weighted by Crippen LogP contribution is -2.31. The molecule has 0 fully saturated rings. The van der Waals surface area contributed by atoms with Crippen molar-refractivity contribution < 1.29 is 0 Å². The Bertz CT molecular complexity index is 569. The van der Waals surface area contributed by atoms with Gasteiger partial charge in [-0.2, -0.15) is 0 Å². The van der Waals surface area contributed by atoms with Crippen molar-refractivity contribution in [3.63, 3.8) is 0 Å². The molecule has 2 aromatic rings. The van der Waals surface area contributed by atoms with Gasteiger partial charge in [-0.1, -0.05) is 62.4 Å². The predicted molar refractivity (Wildman–Crippen MR) is 85.1 cm³/mol. The molecule has 0 saturated carbocycles. The van der Waals surface area contributed by atoms with E-state index < -0.39 is 0 Å². The van der Waals surface area contributed by atoms with Gasteiger partial charge in [-0.15, -0.1) is 0 Å². The van der Waals surface area contributed by atoms with Crippen molar-refractivity contribution in [1.82, 2.24) is 5.32 Å². The van der Waals surface area contributed by atoms with Crippen LogP contribution in [0.3, 0.4) is 0 Å². The lowest BCUT2D eigenvalue weighted by atomic mass is 9.90. The first-order valence-corrected chi connectivity index (χ1v) is 7.64. The molecule has 20 heavy (non-hydrogen) atoms. The van der Waals surface area contributed by atoms with Crippen molar-refractivity contribution in [2.24, 2.45) is 0 Å². The minimum atomic E-state index is 0.463. The quantitative estimate of drug-likeness (QED) is 0.875. The maximum Gasteiger partial charge on any atom is 0.0363 e. The van der Waals surface area contributed by atoms with E-state index in [4.69, 9.17) is 0 Å². The van der Waals surface area contributed by atoms with Crippen LogP contribution in [-0.4, -0.2) is 6.54 Å². The summed E-state index contributed by atoms with van der Waals surface area (Å²) in [5, 5.41) is 3.66. The Morgan fingerprint density at radius 1 is 1.05 bits per heavy atom. The minimum Gasteiger partial charge on any atom is -0.309 e. The smallest absolute Gasteiger partial charge is 0.0363 e. The van der Waals surface area contributed by atoms with Crippen LogP contribution >= 0.6 is 0 Å². The lowest BCUT2D eigenvalue weighted by molar-refractivity contribution is 0.502. The molecule has 0 aliphatic carbocycles. The lowest BCUT2D eigenvalue weighted by Gasteiger charge is -2.27. The van der Waals surface area contributed by atoms with E-state index in [0.717, 1.165) is 19.4 Å². The molecule has 0 spiro atoms. The maximum atomic E-state index is 3.66. The van der Waals surface area contributed by atoms with Crippen LogP contribution < -0.4 is 5.32 Å². The average Bonchev–Trinajstić information content (AvgIpc) is 2.48. The maximum absolute atomic E-state index is 3.66. The summed E-state index contributed by atoms with van der Waals surface area (Å²) in [6.07, 6.45) is 2.23. The highest BCUT2D eigenvalue weighted by atomic mass is 14.9. The van der Waals surface area contributed by atoms with E-state index in [2.05, 4.69) is 67.7 Å². The van der Waals surface area contributed by atoms with Gasteiger partial charge in [-0.3, -0.25) is 0 Å². The summed E-state index contributed by atoms with van der Waals surface area (Å²) < 4.78 is 0. The fraction of sp³-hybridized carbons (Fsp3) is 0.368. The third-order valence-electron chi connectivity index (χ3n) is 4.30. The largest absolute Gasteiger partial charge is 0.309 e. The molecular formula is C19H23N. The number of nitrogens with one attached hydrogen (secondary N) is 1. The molecule has 1 N–H and O–H groups in total. The molecule has 1 heterocycles. The van der Waals surface area contributed by atoms with Gasteiger partial charge in [0.05, 0.1) is 0 Å². The summed E-state index contributed by atoms with van der Waals surface area (Å²) in [6.45, 7) is 5.58. The van der Waals surface area contributed by atoms with Crippen LogP contribution in [0.4, 0.5) is 0 Å². The van der Waals surface area contributed by atoms with Gasteiger partial charge in [0.15, 0.2) is 0 Å². The molecule has 1 aliphatic heterocycles. The molecule has 0 saturated heterocycles. The van der Waals surface area contributed by atoms with Gasteiger partial charge in [-0.25, -0.2) is 0 Å². The highest BCUT2D eigenvalue weighted by Gasteiger charge is 2.19. The van der Waals surface area contributed by atoms with E-state index >= 15 is 0 Å². The fourth-order valence-electron chi connectivity index (χ4n) is 3.05. The molecular weight excluding hydrogens is 242 g/mol. The number of fused-ring (bicyclic) bond motifs is 1. The molecule has 3 rings (SSSR count). The molecule has 0 bridgehead atoms. The summed E-state index contributed by atoms with van der Waals surface area (Å²) >= 11 is 0. The Labute approximate surface area is 122 Å². The molecule has 1 nitrogen and oxygen atoms in total. The summed E-state index contributed by atoms with van der Waals surface area (Å²) in [5.74, 6) is 0.609. The third kappa shape index (κ3) is 2.78. The minimum absolute atomic E-state index is 0.463. The van der Waals surface area contributed by atoms with E-state index in [0.29, 0.717) is 12.0 Å². The van der Waals surface area contributed by atoms with Crippen LogP contribution in [-0.2, 0) is 12.8 Å². The van der Waals surface area contributed by atoms with Crippen molar-refractivity contribution in [3.8, 4) is 0 Å². The summed E-state index contributed by atoms with van der Waals surface area (Å²) in [4.78, 5) is 0. The van der Waals surface area contributed by atoms with E-state index in [1.165, 1.54) is 22.3 Å². The first-order chi connectivity index (χ1) is 9.74. The van der Waals surface area contributed by atoms with Crippen LogP contribution in [0.15, 0.2) is 48.5 Å². The molecule has 1 aliphatic rings. The summed E-state index contributed by atoms with van der Waals surface area (Å²) in [7, 11) is 0. The molecule has 0 amide bonds. The van der Waals surface area contributed by atoms with Crippen LogP contribution in [0.25, 0.3) is 0 Å². The fourth-order valence-corrected chi connectivity index (χ4v) is 3.05. The Morgan fingerprint density at radius 3 is 2.55 bits per heavy atom. The average molecular weight is 265 g/mol. The van der Waals surface area contributed by atoms with Crippen molar-refractivity contribution in [2.75, 3.05) is 6.54 Å². The second-order valence-corrected chi connectivity index (χ2v) is 6.06. The number of rotatable bonds is 3. The van der Waals surface area contributed by atoms with Gasteiger partial charge < -0.3 is 5.32 Å². The summed E-state index contributed by atoms with van der Waals surface area (Å²) in [6, 6.07) is 18.4. The topological polar surface area (TPSA) is 12.0 Å². The molecule has 1 unspecified atom stereocenters. The van der Waals surface area contributed by atoms with Crippen LogP contribution in [0, 0.1) is 0 Å². The Kier molecular flexibility index (Phi) is 3.88. The highest BCUT2D eigenvalue weighted by Crippen LogP contribution is 2.26. The molecule has 104 valence electrons. The van der Waals surface area contributed by atoms with Gasteiger partial charge in [0.1, 0.15) is 0 Å². The van der Waals surface area contributed by atoms with Gasteiger partial charge in [0, 0.05) is 6.04 Å². The first-order valence-electron chi connectivity index (χ1n) is 7.64. The monoisotopic (exact) mass is 265 g/mol. The van der Waals surface area contributed by atoms with E-state index in [-0.39, 0.29) is 0 Å². The van der Waals surface area contributed by atoms with Crippen molar-refractivity contribution >= 4 is 0 Å². The number of hydrogen-bond acceptors (Lipinski definition) is 1. The van der Waals surface area contributed by atoms with E-state index in [1.54, 1.807) is 0 Å². The number of hydrogen-bond donors (Lipinski definition) is 1. The Hall–Kier alpha value is -1.60. The van der Waals surface area contributed by atoms with Crippen LogP contribution in [0.5, 0.6) is 0 Å².